The highest BCUT2D eigenvalue weighted by atomic mass is 16.4. The van der Waals surface area contributed by atoms with Gasteiger partial charge in [-0.1, -0.05) is 41.9 Å². The fourth-order valence-corrected chi connectivity index (χ4v) is 4.14. The minimum atomic E-state index is -0.0180. The van der Waals surface area contributed by atoms with Gasteiger partial charge in [-0.05, 0) is 43.7 Å². The Morgan fingerprint density at radius 2 is 2.00 bits per heavy atom. The first-order valence-electron chi connectivity index (χ1n) is 8.06. The molecule has 0 bridgehead atoms. The molecule has 1 aromatic rings. The van der Waals surface area contributed by atoms with E-state index in [9.17, 15) is 0 Å². The molecule has 4 nitrogen and oxygen atoms in total. The van der Waals surface area contributed by atoms with Crippen LogP contribution in [0.1, 0.15) is 43.6 Å². The maximum Gasteiger partial charge on any atom is 0.147 e. The summed E-state index contributed by atoms with van der Waals surface area (Å²) in [5, 5.41) is 12.4. The molecule has 3 N–H and O–H groups in total. The minimum Gasteiger partial charge on any atom is -0.409 e. The summed E-state index contributed by atoms with van der Waals surface area (Å²) in [6.07, 6.45) is 6.69. The lowest BCUT2D eigenvalue weighted by Gasteiger charge is -2.39. The van der Waals surface area contributed by atoms with Crippen LogP contribution in [0.25, 0.3) is 0 Å². The van der Waals surface area contributed by atoms with Gasteiger partial charge in [-0.3, -0.25) is 4.90 Å². The van der Waals surface area contributed by atoms with E-state index in [1.54, 1.807) is 0 Å². The van der Waals surface area contributed by atoms with E-state index in [2.05, 4.69) is 22.2 Å². The highest BCUT2D eigenvalue weighted by Crippen LogP contribution is 2.37. The van der Waals surface area contributed by atoms with Gasteiger partial charge >= 0.3 is 0 Å². The minimum absolute atomic E-state index is 0.0180. The lowest BCUT2D eigenvalue weighted by molar-refractivity contribution is 0.111. The van der Waals surface area contributed by atoms with Gasteiger partial charge in [0.15, 0.2) is 0 Å². The van der Waals surface area contributed by atoms with E-state index in [-0.39, 0.29) is 5.92 Å². The van der Waals surface area contributed by atoms with Crippen LogP contribution in [0.4, 0.5) is 0 Å². The van der Waals surface area contributed by atoms with Gasteiger partial charge in [0.05, 0.1) is 5.92 Å². The zero-order valence-electron chi connectivity index (χ0n) is 12.5. The van der Waals surface area contributed by atoms with Crippen LogP contribution in [0.3, 0.4) is 0 Å². The lowest BCUT2D eigenvalue weighted by atomic mass is 9.89. The molecule has 1 saturated heterocycles. The Morgan fingerprint density at radius 1 is 1.24 bits per heavy atom. The van der Waals surface area contributed by atoms with Crippen LogP contribution in [0.2, 0.25) is 0 Å². The Hall–Kier alpha value is -1.55. The predicted octanol–water partition coefficient (Wildman–Crippen LogP) is 2.78. The summed E-state index contributed by atoms with van der Waals surface area (Å²) in [7, 11) is 0. The van der Waals surface area contributed by atoms with Crippen molar-refractivity contribution in [3.8, 4) is 0 Å². The van der Waals surface area contributed by atoms with E-state index in [1.165, 1.54) is 32.1 Å². The largest absolute Gasteiger partial charge is 0.409 e. The van der Waals surface area contributed by atoms with Crippen LogP contribution >= 0.6 is 0 Å². The van der Waals surface area contributed by atoms with Crippen LogP contribution in [-0.4, -0.2) is 35.1 Å². The lowest BCUT2D eigenvalue weighted by Crippen LogP contribution is -2.46. The Kier molecular flexibility index (Phi) is 4.44. The second kappa shape index (κ2) is 6.48. The number of nitrogens with zero attached hydrogens (tertiary/aromatic N) is 2. The maximum atomic E-state index is 9.13. The Morgan fingerprint density at radius 3 is 2.76 bits per heavy atom. The van der Waals surface area contributed by atoms with Gasteiger partial charge < -0.3 is 10.9 Å². The number of amidine groups is 1. The van der Waals surface area contributed by atoms with Crippen LogP contribution in [0.5, 0.6) is 0 Å². The molecule has 1 aliphatic heterocycles. The van der Waals surface area contributed by atoms with E-state index in [0.29, 0.717) is 11.9 Å². The third-order valence-electron chi connectivity index (χ3n) is 5.20. The van der Waals surface area contributed by atoms with Gasteiger partial charge in [0.1, 0.15) is 5.84 Å². The van der Waals surface area contributed by atoms with E-state index in [1.807, 2.05) is 18.2 Å². The third-order valence-corrected chi connectivity index (χ3v) is 5.20. The molecule has 21 heavy (non-hydrogen) atoms. The van der Waals surface area contributed by atoms with Crippen LogP contribution < -0.4 is 5.73 Å². The standard InChI is InChI=1S/C17H25N3O/c18-17(19-21)15(13-6-2-1-3-7-13)12-20-11-5-9-14-8-4-10-16(14)20/h1-3,6-7,14-16,21H,4-5,8-12H2,(H2,18,19). The second-order valence-corrected chi connectivity index (χ2v) is 6.38. The van der Waals surface area contributed by atoms with Crippen molar-refractivity contribution in [2.24, 2.45) is 16.8 Å². The molecule has 1 heterocycles. The van der Waals surface area contributed by atoms with Crippen molar-refractivity contribution in [3.05, 3.63) is 35.9 Å². The molecule has 114 valence electrons. The zero-order chi connectivity index (χ0) is 14.7. The average Bonchev–Trinajstić information content (AvgIpc) is 3.02. The van der Waals surface area contributed by atoms with Crippen molar-refractivity contribution in [2.75, 3.05) is 13.1 Å². The third kappa shape index (κ3) is 3.05. The van der Waals surface area contributed by atoms with Crippen LogP contribution in [0.15, 0.2) is 35.5 Å². The smallest absolute Gasteiger partial charge is 0.147 e. The van der Waals surface area contributed by atoms with Crippen molar-refractivity contribution in [3.63, 3.8) is 0 Å². The van der Waals surface area contributed by atoms with E-state index < -0.39 is 0 Å². The first kappa shape index (κ1) is 14.4. The Bertz CT molecular complexity index is 488. The topological polar surface area (TPSA) is 61.9 Å². The average molecular weight is 287 g/mol. The second-order valence-electron chi connectivity index (χ2n) is 6.38. The van der Waals surface area contributed by atoms with Gasteiger partial charge in [-0.2, -0.15) is 0 Å². The number of hydrogen-bond acceptors (Lipinski definition) is 3. The first-order chi connectivity index (χ1) is 10.3. The van der Waals surface area contributed by atoms with Crippen molar-refractivity contribution in [2.45, 2.75) is 44.1 Å². The fourth-order valence-electron chi connectivity index (χ4n) is 4.14. The maximum absolute atomic E-state index is 9.13. The number of nitrogens with two attached hydrogens (primary N) is 1. The van der Waals surface area contributed by atoms with Gasteiger partial charge in [-0.15, -0.1) is 0 Å². The summed E-state index contributed by atoms with van der Waals surface area (Å²) in [4.78, 5) is 2.58. The van der Waals surface area contributed by atoms with Gasteiger partial charge in [0, 0.05) is 12.6 Å². The number of fused-ring (bicyclic) bond motifs is 1. The van der Waals surface area contributed by atoms with E-state index >= 15 is 0 Å². The zero-order valence-corrected chi connectivity index (χ0v) is 12.5. The highest BCUT2D eigenvalue weighted by Gasteiger charge is 2.36. The molecule has 3 atom stereocenters. The Labute approximate surface area is 126 Å². The molecule has 3 unspecified atom stereocenters. The van der Waals surface area contributed by atoms with E-state index in [4.69, 9.17) is 10.9 Å². The van der Waals surface area contributed by atoms with Crippen LogP contribution in [0, 0.1) is 5.92 Å². The summed E-state index contributed by atoms with van der Waals surface area (Å²) in [5.74, 6) is 1.17. The number of rotatable bonds is 4. The molecule has 0 spiro atoms. The molecule has 0 radical (unpaired) electrons. The molecular weight excluding hydrogens is 262 g/mol. The summed E-state index contributed by atoms with van der Waals surface area (Å²) in [6.45, 7) is 2.00. The number of piperidine rings is 1. The van der Waals surface area contributed by atoms with Crippen molar-refractivity contribution >= 4 is 5.84 Å². The molecule has 4 heteroatoms. The Balaban J connectivity index is 1.78. The molecule has 2 fully saturated rings. The quantitative estimate of drug-likeness (QED) is 0.387. The monoisotopic (exact) mass is 287 g/mol. The number of benzene rings is 1. The SMILES string of the molecule is NC(=NO)C(CN1CCCC2CCCC21)c1ccccc1. The summed E-state index contributed by atoms with van der Waals surface area (Å²) < 4.78 is 0. The van der Waals surface area contributed by atoms with Gasteiger partial charge in [-0.25, -0.2) is 0 Å². The van der Waals surface area contributed by atoms with Crippen molar-refractivity contribution in [1.82, 2.24) is 4.90 Å². The van der Waals surface area contributed by atoms with E-state index in [0.717, 1.165) is 24.6 Å². The van der Waals surface area contributed by atoms with Crippen molar-refractivity contribution < 1.29 is 5.21 Å². The molecule has 2 aliphatic rings. The highest BCUT2D eigenvalue weighted by molar-refractivity contribution is 5.87. The molecule has 0 amide bonds. The van der Waals surface area contributed by atoms with Crippen molar-refractivity contribution in [1.29, 1.82) is 0 Å². The number of oxime groups is 1. The number of hydrogen-bond donors (Lipinski definition) is 2. The molecular formula is C17H25N3O. The fraction of sp³-hybridized carbons (Fsp3) is 0.588. The summed E-state index contributed by atoms with van der Waals surface area (Å²) in [5.41, 5.74) is 7.11. The predicted molar refractivity (Wildman–Crippen MR) is 84.5 cm³/mol. The van der Waals surface area contributed by atoms with Gasteiger partial charge in [0.25, 0.3) is 0 Å². The van der Waals surface area contributed by atoms with Gasteiger partial charge in [0.2, 0.25) is 0 Å². The summed E-state index contributed by atoms with van der Waals surface area (Å²) in [6, 6.07) is 10.9. The molecule has 1 aliphatic carbocycles. The first-order valence-corrected chi connectivity index (χ1v) is 8.06. The van der Waals surface area contributed by atoms with Crippen LogP contribution in [-0.2, 0) is 0 Å². The molecule has 1 saturated carbocycles. The normalized spacial score (nSPS) is 28.3. The molecule has 3 rings (SSSR count). The summed E-state index contributed by atoms with van der Waals surface area (Å²) >= 11 is 0. The number of likely N-dealkylation sites (tertiary alicyclic amines) is 1. The molecule has 0 aromatic heterocycles. The molecule has 1 aromatic carbocycles.